The minimum atomic E-state index is -4.86. The van der Waals surface area contributed by atoms with Crippen molar-refractivity contribution in [3.8, 4) is 11.6 Å². The van der Waals surface area contributed by atoms with E-state index in [0.29, 0.717) is 49.8 Å². The van der Waals surface area contributed by atoms with E-state index in [1.165, 1.54) is 4.90 Å². The van der Waals surface area contributed by atoms with Crippen molar-refractivity contribution in [2.75, 3.05) is 13.2 Å². The minimum absolute atomic E-state index is 0.0126. The first-order valence-electron chi connectivity index (χ1n) is 19.8. The summed E-state index contributed by atoms with van der Waals surface area (Å²) in [6.45, 7) is 7.44. The van der Waals surface area contributed by atoms with Crippen molar-refractivity contribution < 1.29 is 55.0 Å². The van der Waals surface area contributed by atoms with Gasteiger partial charge in [-0.1, -0.05) is 26.0 Å². The lowest BCUT2D eigenvalue weighted by atomic mass is 9.82. The lowest BCUT2D eigenvalue weighted by Gasteiger charge is -2.33. The van der Waals surface area contributed by atoms with Crippen molar-refractivity contribution in [2.45, 2.75) is 122 Å². The number of ketones is 1. The molecule has 2 aliphatic heterocycles. The third kappa shape index (κ3) is 9.41. The smallest absolute Gasteiger partial charge is 0.427 e. The first kappa shape index (κ1) is 42.4. The lowest BCUT2D eigenvalue weighted by molar-refractivity contribution is -0.257. The van der Waals surface area contributed by atoms with Gasteiger partial charge in [0.1, 0.15) is 11.9 Å². The molecule has 57 heavy (non-hydrogen) atoms. The molecule has 2 saturated carbocycles. The Morgan fingerprint density at radius 2 is 1.81 bits per heavy atom. The van der Waals surface area contributed by atoms with E-state index in [4.69, 9.17) is 14.2 Å². The third-order valence-corrected chi connectivity index (χ3v) is 13.7. The number of rotatable bonds is 10. The van der Waals surface area contributed by atoms with E-state index in [-0.39, 0.29) is 37.6 Å². The SMILES string of the molecule is CCOc1ccc2c(O[C@@H]3C[C@H]4C(=O)C[C@]5(C(=O)NS(=O)(=O)C6CC6)C[C@H]5/C=C\CC[C@@H](C)C[C@@H](C)[C@H](CC(=O)OC(C)(C)C(F)(F)F)C(=O)N4C3)nccc2c1. The number of Topliss-reactive ketones (excluding diaryl/α,β-unsaturated/α-hetero) is 1. The van der Waals surface area contributed by atoms with Crippen molar-refractivity contribution in [1.82, 2.24) is 14.6 Å². The summed E-state index contributed by atoms with van der Waals surface area (Å²) in [5.74, 6) is -4.23. The van der Waals surface area contributed by atoms with Gasteiger partial charge in [0, 0.05) is 24.4 Å². The number of esters is 1. The average molecular weight is 820 g/mol. The Hall–Kier alpha value is -4.21. The van der Waals surface area contributed by atoms with Crippen LogP contribution in [0.15, 0.2) is 42.6 Å². The van der Waals surface area contributed by atoms with Gasteiger partial charge in [0.05, 0.1) is 42.2 Å². The van der Waals surface area contributed by atoms with Crippen molar-refractivity contribution >= 4 is 44.4 Å². The van der Waals surface area contributed by atoms with Crippen molar-refractivity contribution in [3.63, 3.8) is 0 Å². The van der Waals surface area contributed by atoms with Crippen LogP contribution in [0.25, 0.3) is 10.8 Å². The van der Waals surface area contributed by atoms with Crippen LogP contribution in [-0.4, -0.2) is 84.2 Å². The molecule has 1 aromatic carbocycles. The molecule has 0 bridgehead atoms. The summed E-state index contributed by atoms with van der Waals surface area (Å²) in [4.78, 5) is 62.2. The molecule has 2 aliphatic carbocycles. The number of sulfonamides is 1. The van der Waals surface area contributed by atoms with Crippen molar-refractivity contribution in [2.24, 2.45) is 29.1 Å². The number of pyridine rings is 1. The molecule has 1 saturated heterocycles. The van der Waals surface area contributed by atoms with Crippen molar-refractivity contribution in [3.05, 3.63) is 42.6 Å². The van der Waals surface area contributed by atoms with Crippen LogP contribution in [0.2, 0.25) is 0 Å². The molecule has 12 nitrogen and oxygen atoms in total. The molecule has 3 fully saturated rings. The van der Waals surface area contributed by atoms with Crippen LogP contribution in [0.4, 0.5) is 13.2 Å². The summed E-state index contributed by atoms with van der Waals surface area (Å²) in [6, 6.07) is 6.03. The number of hydrogen-bond donors (Lipinski definition) is 1. The second-order valence-electron chi connectivity index (χ2n) is 16.8. The number of hydrogen-bond acceptors (Lipinski definition) is 10. The fourth-order valence-electron chi connectivity index (χ4n) is 8.19. The van der Waals surface area contributed by atoms with Gasteiger partial charge in [-0.2, -0.15) is 13.2 Å². The van der Waals surface area contributed by atoms with Gasteiger partial charge in [-0.05, 0) is 107 Å². The van der Waals surface area contributed by atoms with E-state index in [1.54, 1.807) is 31.3 Å². The standard InChI is InChI=1S/C41H52F3N3O9S/c1-6-54-28-11-14-31-26(18-28)15-16-45-36(31)55-29-19-33-34(48)22-40(38(51)46-57(52,53)30-12-13-30)21-27(40)10-8-7-9-24(2)17-25(3)32(37(50)47(33)23-29)20-35(49)56-39(4,5)41(42,43)44/h8,10-11,14-16,18,24-25,27,29-30,32-33H,6-7,9,12-13,17,19-23H2,1-5H3,(H,46,51)/b10-8-/t24-,25-,27-,29-,32+,33+,40-/m1/s1. The highest BCUT2D eigenvalue weighted by Gasteiger charge is 2.62. The third-order valence-electron chi connectivity index (χ3n) is 11.9. The average Bonchev–Trinajstić information content (AvgIpc) is 4.05. The van der Waals surface area contributed by atoms with Crippen LogP contribution in [0, 0.1) is 29.1 Å². The molecule has 6 rings (SSSR count). The largest absolute Gasteiger partial charge is 0.494 e. The fraction of sp³-hybridized carbons (Fsp3) is 0.634. The fourth-order valence-corrected chi connectivity index (χ4v) is 9.57. The molecule has 2 amide bonds. The van der Waals surface area contributed by atoms with Crippen LogP contribution in [0.5, 0.6) is 11.6 Å². The van der Waals surface area contributed by atoms with Gasteiger partial charge < -0.3 is 19.1 Å². The highest BCUT2D eigenvalue weighted by Crippen LogP contribution is 2.57. The number of allylic oxidation sites excluding steroid dienone is 2. The van der Waals surface area contributed by atoms with E-state index < -0.39 is 92.4 Å². The molecular formula is C41H52F3N3O9S. The summed E-state index contributed by atoms with van der Waals surface area (Å²) < 4.78 is 86.2. The van der Waals surface area contributed by atoms with E-state index in [1.807, 2.05) is 32.1 Å². The molecule has 1 aromatic heterocycles. The zero-order valence-electron chi connectivity index (χ0n) is 33.0. The van der Waals surface area contributed by atoms with E-state index in [9.17, 15) is 40.8 Å². The normalized spacial score (nSPS) is 29.4. The quantitative estimate of drug-likeness (QED) is 0.209. The highest BCUT2D eigenvalue weighted by atomic mass is 32.2. The van der Waals surface area contributed by atoms with Crippen LogP contribution >= 0.6 is 0 Å². The first-order chi connectivity index (χ1) is 26.7. The Balaban J connectivity index is 1.34. The lowest BCUT2D eigenvalue weighted by Crippen LogP contribution is -2.48. The van der Waals surface area contributed by atoms with Crippen LogP contribution < -0.4 is 14.2 Å². The summed E-state index contributed by atoms with van der Waals surface area (Å²) in [6.07, 6.45) is 1.49. The minimum Gasteiger partial charge on any atom is -0.494 e. The predicted molar refractivity (Wildman–Crippen MR) is 203 cm³/mol. The van der Waals surface area contributed by atoms with Gasteiger partial charge in [-0.3, -0.25) is 23.9 Å². The Labute approximate surface area is 331 Å². The Kier molecular flexibility index (Phi) is 12.1. The molecule has 7 atom stereocenters. The van der Waals surface area contributed by atoms with E-state index in [0.717, 1.165) is 19.2 Å². The van der Waals surface area contributed by atoms with Gasteiger partial charge in [0.2, 0.25) is 33.3 Å². The van der Waals surface area contributed by atoms with Crippen LogP contribution in [0.1, 0.15) is 92.4 Å². The Bertz CT molecular complexity index is 2020. The van der Waals surface area contributed by atoms with E-state index >= 15 is 0 Å². The summed E-state index contributed by atoms with van der Waals surface area (Å²) in [5.41, 5.74) is -4.16. The Morgan fingerprint density at radius 3 is 2.49 bits per heavy atom. The number of alkyl halides is 3. The van der Waals surface area contributed by atoms with Gasteiger partial charge in [-0.25, -0.2) is 13.4 Å². The van der Waals surface area contributed by atoms with Gasteiger partial charge in [0.25, 0.3) is 0 Å². The molecule has 0 spiro atoms. The van der Waals surface area contributed by atoms with Gasteiger partial charge in [-0.15, -0.1) is 0 Å². The molecule has 0 radical (unpaired) electrons. The molecule has 1 N–H and O–H groups in total. The molecule has 0 unspecified atom stereocenters. The molecule has 4 aliphatic rings. The van der Waals surface area contributed by atoms with Gasteiger partial charge >= 0.3 is 12.1 Å². The number of fused-ring (bicyclic) bond motifs is 3. The number of carbonyl (C=O) groups is 4. The predicted octanol–water partition coefficient (Wildman–Crippen LogP) is 6.46. The zero-order chi connectivity index (χ0) is 41.5. The summed E-state index contributed by atoms with van der Waals surface area (Å²) in [5, 5.41) is 0.765. The highest BCUT2D eigenvalue weighted by molar-refractivity contribution is 7.90. The van der Waals surface area contributed by atoms with Crippen LogP contribution in [-0.2, 0) is 33.9 Å². The summed E-state index contributed by atoms with van der Waals surface area (Å²) in [7, 11) is -3.93. The topological polar surface area (TPSA) is 158 Å². The number of amides is 2. The maximum Gasteiger partial charge on any atom is 0.427 e. The number of ether oxygens (including phenoxy) is 3. The molecule has 2 aromatic rings. The number of carbonyl (C=O) groups excluding carboxylic acids is 4. The monoisotopic (exact) mass is 819 g/mol. The summed E-state index contributed by atoms with van der Waals surface area (Å²) >= 11 is 0. The second-order valence-corrected chi connectivity index (χ2v) is 18.8. The number of halogens is 3. The maximum atomic E-state index is 14.8. The Morgan fingerprint density at radius 1 is 1.07 bits per heavy atom. The zero-order valence-corrected chi connectivity index (χ0v) is 33.8. The maximum absolute atomic E-state index is 14.8. The number of aromatic nitrogens is 1. The number of nitrogens with one attached hydrogen (secondary N) is 1. The van der Waals surface area contributed by atoms with Crippen LogP contribution in [0.3, 0.4) is 0 Å². The number of nitrogens with zero attached hydrogens (tertiary/aromatic N) is 2. The first-order valence-corrected chi connectivity index (χ1v) is 21.3. The van der Waals surface area contributed by atoms with Gasteiger partial charge in [0.15, 0.2) is 5.78 Å². The van der Waals surface area contributed by atoms with E-state index in [2.05, 4.69) is 9.71 Å². The second kappa shape index (κ2) is 16.2. The van der Waals surface area contributed by atoms with Crippen molar-refractivity contribution in [1.29, 1.82) is 0 Å². The molecular weight excluding hydrogens is 768 g/mol. The molecule has 3 heterocycles. The molecule has 312 valence electrons. The number of benzene rings is 1. The molecule has 16 heteroatoms.